The van der Waals surface area contributed by atoms with E-state index in [0.29, 0.717) is 23.7 Å². The molecule has 2 aliphatic rings. The number of esters is 2. The third-order valence-corrected chi connectivity index (χ3v) is 8.25. The molecular formula is C35H33FN4O6. The Balaban J connectivity index is 1.34. The predicted octanol–water partition coefficient (Wildman–Crippen LogP) is 5.69. The van der Waals surface area contributed by atoms with E-state index in [9.17, 15) is 14.0 Å². The van der Waals surface area contributed by atoms with Crippen molar-refractivity contribution in [2.45, 2.75) is 25.3 Å². The molecule has 11 heteroatoms. The Kier molecular flexibility index (Phi) is 8.56. The summed E-state index contributed by atoms with van der Waals surface area (Å²) in [5, 5.41) is 4.47. The summed E-state index contributed by atoms with van der Waals surface area (Å²) in [5.41, 5.74) is 3.43. The van der Waals surface area contributed by atoms with E-state index < -0.39 is 23.3 Å². The van der Waals surface area contributed by atoms with Crippen LogP contribution in [0.1, 0.15) is 50.4 Å². The summed E-state index contributed by atoms with van der Waals surface area (Å²) in [6, 6.07) is 18.3. The van der Waals surface area contributed by atoms with E-state index in [-0.39, 0.29) is 24.3 Å². The third kappa shape index (κ3) is 5.83. The number of piperidine rings is 1. The highest BCUT2D eigenvalue weighted by atomic mass is 19.1. The average Bonchev–Trinajstić information content (AvgIpc) is 3.53. The lowest BCUT2D eigenvalue weighted by Crippen LogP contribution is -2.59. The maximum absolute atomic E-state index is 14.1. The first kappa shape index (κ1) is 30.6. The van der Waals surface area contributed by atoms with E-state index in [1.165, 1.54) is 31.4 Å². The van der Waals surface area contributed by atoms with Crippen LogP contribution in [0.25, 0.3) is 11.8 Å². The molecule has 2 aliphatic heterocycles. The molecule has 0 spiro atoms. The molecule has 10 nitrogen and oxygen atoms in total. The van der Waals surface area contributed by atoms with Gasteiger partial charge in [-0.2, -0.15) is 0 Å². The molecule has 1 aromatic heterocycles. The largest absolute Gasteiger partial charge is 0.495 e. The minimum atomic E-state index is -1.03. The Morgan fingerprint density at radius 1 is 1.04 bits per heavy atom. The topological polar surface area (TPSA) is 104 Å². The Morgan fingerprint density at radius 2 is 1.80 bits per heavy atom. The number of imidazole rings is 1. The van der Waals surface area contributed by atoms with Crippen molar-refractivity contribution in [1.29, 1.82) is 0 Å². The van der Waals surface area contributed by atoms with Crippen molar-refractivity contribution in [1.82, 2.24) is 14.5 Å². The van der Waals surface area contributed by atoms with Gasteiger partial charge in [0.15, 0.2) is 5.84 Å². The van der Waals surface area contributed by atoms with Crippen LogP contribution in [0.15, 0.2) is 90.0 Å². The van der Waals surface area contributed by atoms with Gasteiger partial charge in [0.1, 0.15) is 30.3 Å². The molecule has 0 bridgehead atoms. The van der Waals surface area contributed by atoms with Gasteiger partial charge in [-0.15, -0.1) is 0 Å². The number of hydrogen-bond donors (Lipinski definition) is 0. The molecule has 1 unspecified atom stereocenters. The van der Waals surface area contributed by atoms with E-state index in [1.807, 2.05) is 42.0 Å². The van der Waals surface area contributed by atoms with Gasteiger partial charge in [0, 0.05) is 12.7 Å². The van der Waals surface area contributed by atoms with Crippen molar-refractivity contribution in [2.24, 2.45) is 5.16 Å². The van der Waals surface area contributed by atoms with Crippen LogP contribution in [-0.2, 0) is 19.9 Å². The van der Waals surface area contributed by atoms with E-state index >= 15 is 0 Å². The Bertz CT molecular complexity index is 1830. The molecule has 0 saturated carbocycles. The summed E-state index contributed by atoms with van der Waals surface area (Å²) in [5.74, 6) is -0.454. The van der Waals surface area contributed by atoms with Crippen molar-refractivity contribution in [3.8, 4) is 11.4 Å². The summed E-state index contributed by atoms with van der Waals surface area (Å²) in [4.78, 5) is 38.0. The maximum atomic E-state index is 14.1. The van der Waals surface area contributed by atoms with E-state index in [0.717, 1.165) is 35.4 Å². The van der Waals surface area contributed by atoms with Crippen molar-refractivity contribution in [2.75, 3.05) is 34.0 Å². The van der Waals surface area contributed by atoms with Gasteiger partial charge in [-0.05, 0) is 78.9 Å². The molecule has 0 aliphatic carbocycles. The van der Waals surface area contributed by atoms with Crippen LogP contribution in [0, 0.1) is 12.7 Å². The zero-order chi connectivity index (χ0) is 32.3. The van der Waals surface area contributed by atoms with Crippen LogP contribution in [-0.4, -0.2) is 66.2 Å². The summed E-state index contributed by atoms with van der Waals surface area (Å²) in [6.45, 7) is 2.42. The van der Waals surface area contributed by atoms with Crippen LogP contribution in [0.5, 0.6) is 5.75 Å². The molecule has 46 heavy (non-hydrogen) atoms. The fourth-order valence-electron chi connectivity index (χ4n) is 5.92. The number of nitrogens with zero attached hydrogens (tertiary/aromatic N) is 4. The normalized spacial score (nSPS) is 18.3. The van der Waals surface area contributed by atoms with Gasteiger partial charge in [0.05, 0.1) is 43.1 Å². The van der Waals surface area contributed by atoms with E-state index in [1.54, 1.807) is 37.7 Å². The van der Waals surface area contributed by atoms with Gasteiger partial charge < -0.3 is 28.5 Å². The molecule has 4 aromatic rings. The SMILES string of the molecule is COC(=O)c1ccccc1C(=O)OCC1(c2ccc(F)cc2)CON=C2/C(=C/c3ccc(-n4cnc(C)c4)c(OC)c3)CCCN21. The standard InChI is InChI=1S/C35H33FN4O6/c1-23-19-39(22-37-23)30-15-10-24(18-31(30)43-2)17-25-7-6-16-40-32(25)38-46-21-35(40,26-11-13-27(36)14-12-26)20-45-34(42)29-9-5-4-8-28(29)33(41)44-3/h4-5,8-15,17-19,22H,6-7,16,20-21H2,1-3H3/b25-17+. The second-order valence-electron chi connectivity index (χ2n) is 11.1. The van der Waals surface area contributed by atoms with E-state index in [2.05, 4.69) is 15.0 Å². The number of methoxy groups -OCH3 is 2. The van der Waals surface area contributed by atoms with E-state index in [4.69, 9.17) is 19.0 Å². The minimum absolute atomic E-state index is 0.0498. The molecular weight excluding hydrogens is 591 g/mol. The van der Waals surface area contributed by atoms with Gasteiger partial charge in [-0.25, -0.2) is 19.0 Å². The molecule has 1 atom stereocenters. The number of fused-ring (bicyclic) bond motifs is 1. The summed E-state index contributed by atoms with van der Waals surface area (Å²) in [6.07, 6.45) is 7.23. The van der Waals surface area contributed by atoms with Gasteiger partial charge >= 0.3 is 11.9 Å². The number of halogens is 1. The highest BCUT2D eigenvalue weighted by molar-refractivity contribution is 6.04. The molecule has 236 valence electrons. The number of ether oxygens (including phenoxy) is 3. The highest BCUT2D eigenvalue weighted by Crippen LogP contribution is 2.39. The third-order valence-electron chi connectivity index (χ3n) is 8.25. The molecule has 0 amide bonds. The summed E-state index contributed by atoms with van der Waals surface area (Å²) >= 11 is 0. The van der Waals surface area contributed by atoms with Crippen molar-refractivity contribution >= 4 is 23.9 Å². The minimum Gasteiger partial charge on any atom is -0.495 e. The predicted molar refractivity (Wildman–Crippen MR) is 168 cm³/mol. The molecule has 1 fully saturated rings. The fraction of sp³-hybridized carbons (Fsp3) is 0.257. The Morgan fingerprint density at radius 3 is 2.50 bits per heavy atom. The zero-order valence-corrected chi connectivity index (χ0v) is 25.7. The zero-order valence-electron chi connectivity index (χ0n) is 25.7. The van der Waals surface area contributed by atoms with Gasteiger partial charge in [-0.1, -0.05) is 35.5 Å². The molecule has 3 aromatic carbocycles. The monoisotopic (exact) mass is 624 g/mol. The molecule has 3 heterocycles. The number of benzene rings is 3. The summed E-state index contributed by atoms with van der Waals surface area (Å²) in [7, 11) is 2.88. The number of aromatic nitrogens is 2. The van der Waals surface area contributed by atoms with Crippen LogP contribution < -0.4 is 4.74 Å². The number of aryl methyl sites for hydroxylation is 1. The van der Waals surface area contributed by atoms with Crippen molar-refractivity contribution in [3.63, 3.8) is 0 Å². The lowest BCUT2D eigenvalue weighted by Gasteiger charge is -2.48. The first-order valence-corrected chi connectivity index (χ1v) is 14.8. The van der Waals surface area contributed by atoms with Gasteiger partial charge in [0.25, 0.3) is 0 Å². The van der Waals surface area contributed by atoms with Crippen molar-refractivity contribution < 1.29 is 33.0 Å². The number of oxime groups is 1. The van der Waals surface area contributed by atoms with Crippen LogP contribution in [0.4, 0.5) is 4.39 Å². The highest BCUT2D eigenvalue weighted by Gasteiger charge is 2.47. The molecule has 0 N–H and O–H groups in total. The quantitative estimate of drug-likeness (QED) is 0.230. The van der Waals surface area contributed by atoms with Crippen LogP contribution in [0.3, 0.4) is 0 Å². The number of amidine groups is 1. The summed E-state index contributed by atoms with van der Waals surface area (Å²) < 4.78 is 32.5. The molecule has 1 saturated heterocycles. The van der Waals surface area contributed by atoms with Gasteiger partial charge in [-0.3, -0.25) is 0 Å². The molecule has 0 radical (unpaired) electrons. The second kappa shape index (κ2) is 12.9. The van der Waals surface area contributed by atoms with Crippen LogP contribution >= 0.6 is 0 Å². The number of carbonyl (C=O) groups excluding carboxylic acids is 2. The Hall–Kier alpha value is -5.45. The first-order chi connectivity index (χ1) is 22.3. The lowest BCUT2D eigenvalue weighted by molar-refractivity contribution is -0.0474. The fourth-order valence-corrected chi connectivity index (χ4v) is 5.92. The number of hydrogen-bond acceptors (Lipinski definition) is 9. The Labute approximate surface area is 265 Å². The smallest absolute Gasteiger partial charge is 0.339 e. The average molecular weight is 625 g/mol. The number of rotatable bonds is 8. The first-order valence-electron chi connectivity index (χ1n) is 14.8. The van der Waals surface area contributed by atoms with Crippen LogP contribution in [0.2, 0.25) is 0 Å². The number of carbonyl (C=O) groups is 2. The molecule has 6 rings (SSSR count). The van der Waals surface area contributed by atoms with Crippen molar-refractivity contribution in [3.05, 3.63) is 119 Å². The second-order valence-corrected chi connectivity index (χ2v) is 11.1. The van der Waals surface area contributed by atoms with Gasteiger partial charge in [0.2, 0.25) is 0 Å². The lowest BCUT2D eigenvalue weighted by atomic mass is 9.85. The maximum Gasteiger partial charge on any atom is 0.339 e.